The summed E-state index contributed by atoms with van der Waals surface area (Å²) in [6.45, 7) is 3.31. The Hall–Kier alpha value is -1.88. The third-order valence-corrected chi connectivity index (χ3v) is 2.82. The van der Waals surface area contributed by atoms with Crippen molar-refractivity contribution in [2.75, 3.05) is 13.2 Å². The monoisotopic (exact) mass is 298 g/mol. The maximum atomic E-state index is 12.1. The van der Waals surface area contributed by atoms with E-state index in [0.29, 0.717) is 0 Å². The number of hydrogen-bond donors (Lipinski definition) is 0. The second-order valence-electron chi connectivity index (χ2n) is 3.79. The van der Waals surface area contributed by atoms with Crippen molar-refractivity contribution in [2.45, 2.75) is 19.8 Å². The number of ether oxygens (including phenoxy) is 2. The highest BCUT2D eigenvalue weighted by Crippen LogP contribution is 2.26. The summed E-state index contributed by atoms with van der Waals surface area (Å²) in [5.41, 5.74) is 0.227. The first kappa shape index (κ1) is 16.2. The molecule has 0 aliphatic rings. The topological polar surface area (TPSA) is 69.7 Å². The number of Topliss-reactive ketones (excluding diaryl/α,β-unsaturated/α-hetero) is 1. The molecule has 0 bridgehead atoms. The summed E-state index contributed by atoms with van der Waals surface area (Å²) in [6.07, 6.45) is 0. The summed E-state index contributed by atoms with van der Waals surface area (Å²) in [5, 5.41) is 0.211. The molecule has 0 amide bonds. The van der Waals surface area contributed by atoms with Gasteiger partial charge in [-0.1, -0.05) is 29.8 Å². The fraction of sp³-hybridized carbons (Fsp3) is 0.357. The summed E-state index contributed by atoms with van der Waals surface area (Å²) >= 11 is 5.98. The number of hydrogen-bond acceptors (Lipinski definition) is 5. The van der Waals surface area contributed by atoms with E-state index in [0.717, 1.165) is 0 Å². The lowest BCUT2D eigenvalue weighted by Crippen LogP contribution is -2.31. The molecular formula is C14H15ClO5. The molecule has 0 aliphatic heterocycles. The Morgan fingerprint density at radius 2 is 1.70 bits per heavy atom. The van der Waals surface area contributed by atoms with Crippen LogP contribution in [0.15, 0.2) is 24.3 Å². The highest BCUT2D eigenvalue weighted by Gasteiger charge is 2.36. The minimum Gasteiger partial charge on any atom is -0.465 e. The molecule has 6 heteroatoms. The van der Waals surface area contributed by atoms with Gasteiger partial charge in [0.05, 0.1) is 13.2 Å². The second-order valence-corrected chi connectivity index (χ2v) is 4.20. The molecular weight excluding hydrogens is 284 g/mol. The van der Waals surface area contributed by atoms with Gasteiger partial charge in [0.1, 0.15) is 0 Å². The van der Waals surface area contributed by atoms with Gasteiger partial charge in [0.25, 0.3) is 5.78 Å². The van der Waals surface area contributed by atoms with Gasteiger partial charge in [0.15, 0.2) is 5.92 Å². The lowest BCUT2D eigenvalue weighted by Gasteiger charge is -2.15. The minimum absolute atomic E-state index is 0.0443. The zero-order valence-corrected chi connectivity index (χ0v) is 12.0. The van der Waals surface area contributed by atoms with E-state index in [2.05, 4.69) is 4.74 Å². The van der Waals surface area contributed by atoms with Gasteiger partial charge in [-0.3, -0.25) is 9.59 Å². The molecule has 0 spiro atoms. The van der Waals surface area contributed by atoms with E-state index >= 15 is 0 Å². The molecule has 1 atom stereocenters. The fourth-order valence-corrected chi connectivity index (χ4v) is 1.87. The number of rotatable bonds is 6. The summed E-state index contributed by atoms with van der Waals surface area (Å²) in [6, 6.07) is 6.30. The lowest BCUT2D eigenvalue weighted by atomic mass is 9.94. The number of halogens is 1. The minimum atomic E-state index is -1.40. The van der Waals surface area contributed by atoms with Gasteiger partial charge in [-0.25, -0.2) is 4.79 Å². The van der Waals surface area contributed by atoms with Crippen LogP contribution in [0.1, 0.15) is 25.3 Å². The molecule has 1 aromatic carbocycles. The predicted octanol–water partition coefficient (Wildman–Crippen LogP) is 2.12. The van der Waals surface area contributed by atoms with Gasteiger partial charge >= 0.3 is 11.9 Å². The average molecular weight is 299 g/mol. The standard InChI is InChI=1S/C14H15ClO5/c1-3-19-13(17)11(12(16)14(18)20-4-2)9-7-5-6-8-10(9)15/h5-8,11H,3-4H2,1-2H3. The Bertz CT molecular complexity index is 512. The van der Waals surface area contributed by atoms with Crippen LogP contribution in [0.25, 0.3) is 0 Å². The van der Waals surface area contributed by atoms with Gasteiger partial charge in [0, 0.05) is 5.02 Å². The van der Waals surface area contributed by atoms with E-state index in [1.165, 1.54) is 12.1 Å². The maximum absolute atomic E-state index is 12.1. The molecule has 0 heterocycles. The van der Waals surface area contributed by atoms with Crippen molar-refractivity contribution in [3.8, 4) is 0 Å². The Morgan fingerprint density at radius 3 is 2.25 bits per heavy atom. The summed E-state index contributed by atoms with van der Waals surface area (Å²) < 4.78 is 9.47. The van der Waals surface area contributed by atoms with Gasteiger partial charge in [-0.2, -0.15) is 0 Å². The van der Waals surface area contributed by atoms with Crippen molar-refractivity contribution in [3.05, 3.63) is 34.9 Å². The van der Waals surface area contributed by atoms with Crippen molar-refractivity contribution in [1.82, 2.24) is 0 Å². The summed E-state index contributed by atoms with van der Waals surface area (Å²) in [7, 11) is 0. The van der Waals surface area contributed by atoms with Crippen LogP contribution in [-0.2, 0) is 23.9 Å². The highest BCUT2D eigenvalue weighted by molar-refractivity contribution is 6.41. The number of esters is 2. The Morgan fingerprint density at radius 1 is 1.10 bits per heavy atom. The van der Waals surface area contributed by atoms with Crippen LogP contribution in [0.3, 0.4) is 0 Å². The average Bonchev–Trinajstić information content (AvgIpc) is 2.41. The SMILES string of the molecule is CCOC(=O)C(=O)C(C(=O)OCC)c1ccccc1Cl. The quantitative estimate of drug-likeness (QED) is 0.457. The zero-order valence-electron chi connectivity index (χ0n) is 11.2. The molecule has 0 fully saturated rings. The molecule has 0 saturated heterocycles. The van der Waals surface area contributed by atoms with Crippen LogP contribution in [0, 0.1) is 0 Å². The lowest BCUT2D eigenvalue weighted by molar-refractivity contribution is -0.159. The van der Waals surface area contributed by atoms with E-state index in [1.54, 1.807) is 26.0 Å². The molecule has 0 aromatic heterocycles. The Labute approximate surface area is 121 Å². The van der Waals surface area contributed by atoms with Crippen LogP contribution in [0.2, 0.25) is 5.02 Å². The van der Waals surface area contributed by atoms with Crippen LogP contribution in [0.5, 0.6) is 0 Å². The normalized spacial score (nSPS) is 11.6. The molecule has 108 valence electrons. The first-order valence-corrected chi connectivity index (χ1v) is 6.52. The molecule has 0 aliphatic carbocycles. The number of carbonyl (C=O) groups is 3. The maximum Gasteiger partial charge on any atom is 0.375 e. The van der Waals surface area contributed by atoms with Gasteiger partial charge in [-0.15, -0.1) is 0 Å². The molecule has 5 nitrogen and oxygen atoms in total. The first-order chi connectivity index (χ1) is 9.52. The fourth-order valence-electron chi connectivity index (χ4n) is 1.63. The third-order valence-electron chi connectivity index (χ3n) is 2.48. The smallest absolute Gasteiger partial charge is 0.375 e. The first-order valence-electron chi connectivity index (χ1n) is 6.14. The number of benzene rings is 1. The molecule has 1 rings (SSSR count). The molecule has 20 heavy (non-hydrogen) atoms. The van der Waals surface area contributed by atoms with Crippen molar-refractivity contribution in [3.63, 3.8) is 0 Å². The largest absolute Gasteiger partial charge is 0.465 e. The number of ketones is 1. The van der Waals surface area contributed by atoms with Crippen LogP contribution < -0.4 is 0 Å². The molecule has 0 radical (unpaired) electrons. The van der Waals surface area contributed by atoms with Crippen molar-refractivity contribution < 1.29 is 23.9 Å². The van der Waals surface area contributed by atoms with Crippen LogP contribution in [-0.4, -0.2) is 30.9 Å². The Balaban J connectivity index is 3.16. The van der Waals surface area contributed by atoms with E-state index in [9.17, 15) is 14.4 Å². The highest BCUT2D eigenvalue weighted by atomic mass is 35.5. The van der Waals surface area contributed by atoms with Crippen molar-refractivity contribution in [1.29, 1.82) is 0 Å². The van der Waals surface area contributed by atoms with Gasteiger partial charge < -0.3 is 9.47 Å². The Kier molecular flexibility index (Phi) is 6.18. The van der Waals surface area contributed by atoms with E-state index < -0.39 is 23.6 Å². The summed E-state index contributed by atoms with van der Waals surface area (Å²) in [5.74, 6) is -4.29. The van der Waals surface area contributed by atoms with Gasteiger partial charge in [0.2, 0.25) is 0 Å². The predicted molar refractivity (Wildman–Crippen MR) is 72.5 cm³/mol. The van der Waals surface area contributed by atoms with E-state index in [4.69, 9.17) is 16.3 Å². The number of carbonyl (C=O) groups excluding carboxylic acids is 3. The van der Waals surface area contributed by atoms with Crippen molar-refractivity contribution in [2.24, 2.45) is 0 Å². The van der Waals surface area contributed by atoms with Crippen LogP contribution >= 0.6 is 11.6 Å². The molecule has 0 N–H and O–H groups in total. The zero-order chi connectivity index (χ0) is 15.1. The molecule has 1 unspecified atom stereocenters. The van der Waals surface area contributed by atoms with E-state index in [-0.39, 0.29) is 23.8 Å². The molecule has 0 saturated carbocycles. The van der Waals surface area contributed by atoms with E-state index in [1.807, 2.05) is 0 Å². The third kappa shape index (κ3) is 3.81. The van der Waals surface area contributed by atoms with Crippen LogP contribution in [0.4, 0.5) is 0 Å². The van der Waals surface area contributed by atoms with Crippen molar-refractivity contribution >= 4 is 29.3 Å². The summed E-state index contributed by atoms with van der Waals surface area (Å²) in [4.78, 5) is 35.6. The second kappa shape index (κ2) is 7.65. The van der Waals surface area contributed by atoms with Gasteiger partial charge in [-0.05, 0) is 25.5 Å². The molecule has 1 aromatic rings.